The largest absolute Gasteiger partial charge is 0.361 e. The summed E-state index contributed by atoms with van der Waals surface area (Å²) in [6.07, 6.45) is 1.68. The lowest BCUT2D eigenvalue weighted by atomic mass is 10.1. The molecule has 0 fully saturated rings. The molecule has 0 saturated heterocycles. The quantitative estimate of drug-likeness (QED) is 0.774. The van der Waals surface area contributed by atoms with Gasteiger partial charge in [-0.1, -0.05) is 12.6 Å². The molecule has 0 amide bonds. The molecule has 2 N–H and O–H groups in total. The van der Waals surface area contributed by atoms with E-state index in [0.717, 1.165) is 10.2 Å². The summed E-state index contributed by atoms with van der Waals surface area (Å²) < 4.78 is 1.08. The van der Waals surface area contributed by atoms with Gasteiger partial charge < -0.3 is 5.32 Å². The molecule has 1 rings (SSSR count). The van der Waals surface area contributed by atoms with Crippen molar-refractivity contribution < 1.29 is 0 Å². The van der Waals surface area contributed by atoms with Crippen LogP contribution in [0.25, 0.3) is 0 Å². The summed E-state index contributed by atoms with van der Waals surface area (Å²) in [4.78, 5) is 0. The van der Waals surface area contributed by atoms with Crippen LogP contribution >= 0.6 is 15.9 Å². The number of hydrogen-bond acceptors (Lipinski definition) is 3. The topological polar surface area (TPSA) is 48.2 Å². The Hall–Kier alpha value is -1.16. The summed E-state index contributed by atoms with van der Waals surface area (Å²) in [5.41, 5.74) is 9.41. The SMILES string of the molecule is C=CNc1c(C)cc(C)cc1Br.CN=N. The first kappa shape index (κ1) is 13.8. The van der Waals surface area contributed by atoms with Gasteiger partial charge in [-0.25, -0.2) is 10.6 Å². The van der Waals surface area contributed by atoms with Crippen LogP contribution in [0.2, 0.25) is 0 Å². The van der Waals surface area contributed by atoms with E-state index in [2.05, 4.69) is 58.9 Å². The van der Waals surface area contributed by atoms with Crippen LogP contribution in [0, 0.1) is 19.4 Å². The first-order valence-electron chi connectivity index (χ1n) is 4.46. The predicted molar refractivity (Wildman–Crippen MR) is 68.5 cm³/mol. The van der Waals surface area contributed by atoms with Gasteiger partial charge in [0, 0.05) is 11.5 Å². The van der Waals surface area contributed by atoms with Crippen LogP contribution in [0.3, 0.4) is 0 Å². The maximum atomic E-state index is 5.83. The van der Waals surface area contributed by atoms with E-state index in [1.165, 1.54) is 18.2 Å². The van der Waals surface area contributed by atoms with Crippen molar-refractivity contribution in [2.45, 2.75) is 13.8 Å². The standard InChI is InChI=1S/C10H12BrN.CH4N2/c1-4-12-10-8(3)5-7(2)6-9(10)11;1-3-2/h4-6,12H,1H2,2-3H3;2H,1H3. The van der Waals surface area contributed by atoms with Crippen molar-refractivity contribution in [3.63, 3.8) is 0 Å². The summed E-state index contributed by atoms with van der Waals surface area (Å²) in [5.74, 6) is 0. The Balaban J connectivity index is 0.000000583. The first-order chi connectivity index (χ1) is 7.06. The van der Waals surface area contributed by atoms with Crippen molar-refractivity contribution in [1.82, 2.24) is 0 Å². The fraction of sp³-hybridized carbons (Fsp3) is 0.273. The minimum Gasteiger partial charge on any atom is -0.361 e. The molecule has 0 aromatic heterocycles. The third-order valence-corrected chi connectivity index (χ3v) is 2.30. The maximum absolute atomic E-state index is 5.83. The van der Waals surface area contributed by atoms with Crippen molar-refractivity contribution in [2.24, 2.45) is 5.11 Å². The van der Waals surface area contributed by atoms with Gasteiger partial charge in [-0.2, -0.15) is 0 Å². The van der Waals surface area contributed by atoms with E-state index in [0.29, 0.717) is 0 Å². The summed E-state index contributed by atoms with van der Waals surface area (Å²) in [6.45, 7) is 7.78. The molecular formula is C11H16BrN3. The Labute approximate surface area is 99.2 Å². The maximum Gasteiger partial charge on any atom is 0.0553 e. The molecular weight excluding hydrogens is 254 g/mol. The fourth-order valence-electron chi connectivity index (χ4n) is 1.20. The number of rotatable bonds is 2. The van der Waals surface area contributed by atoms with Gasteiger partial charge in [0.1, 0.15) is 0 Å². The number of benzene rings is 1. The highest BCUT2D eigenvalue weighted by atomic mass is 79.9. The zero-order chi connectivity index (χ0) is 11.8. The van der Waals surface area contributed by atoms with Crippen LogP contribution in [0.5, 0.6) is 0 Å². The molecule has 0 atom stereocenters. The van der Waals surface area contributed by atoms with E-state index in [4.69, 9.17) is 5.53 Å². The van der Waals surface area contributed by atoms with E-state index < -0.39 is 0 Å². The number of anilines is 1. The molecule has 0 aliphatic heterocycles. The van der Waals surface area contributed by atoms with Gasteiger partial charge in [0.25, 0.3) is 0 Å². The number of nitrogens with one attached hydrogen (secondary N) is 2. The van der Waals surface area contributed by atoms with Gasteiger partial charge in [-0.15, -0.1) is 0 Å². The summed E-state index contributed by atoms with van der Waals surface area (Å²) in [5, 5.41) is 5.84. The highest BCUT2D eigenvalue weighted by Crippen LogP contribution is 2.27. The molecule has 0 radical (unpaired) electrons. The van der Waals surface area contributed by atoms with Gasteiger partial charge in [0.15, 0.2) is 0 Å². The third-order valence-electron chi connectivity index (χ3n) is 1.68. The Morgan fingerprint density at radius 2 is 2.00 bits per heavy atom. The van der Waals surface area contributed by atoms with Gasteiger partial charge in [0.2, 0.25) is 0 Å². The smallest absolute Gasteiger partial charge is 0.0553 e. The second-order valence-electron chi connectivity index (χ2n) is 3.01. The Bertz CT molecular complexity index is 325. The highest BCUT2D eigenvalue weighted by molar-refractivity contribution is 9.10. The van der Waals surface area contributed by atoms with Crippen molar-refractivity contribution in [3.8, 4) is 0 Å². The van der Waals surface area contributed by atoms with E-state index in [9.17, 15) is 0 Å². The van der Waals surface area contributed by atoms with Crippen LogP contribution in [0.4, 0.5) is 5.69 Å². The molecule has 1 aromatic carbocycles. The fourth-order valence-corrected chi connectivity index (χ4v) is 1.99. The van der Waals surface area contributed by atoms with Gasteiger partial charge in [-0.05, 0) is 53.2 Å². The Kier molecular flexibility index (Phi) is 6.62. The zero-order valence-corrected chi connectivity index (χ0v) is 10.9. The normalized spacial score (nSPS) is 8.53. The molecule has 15 heavy (non-hydrogen) atoms. The monoisotopic (exact) mass is 269 g/mol. The Morgan fingerprint density at radius 3 is 2.40 bits per heavy atom. The first-order valence-corrected chi connectivity index (χ1v) is 5.25. The minimum absolute atomic E-state index is 1.08. The average Bonchev–Trinajstić information content (AvgIpc) is 2.12. The molecule has 0 saturated carbocycles. The summed E-state index contributed by atoms with van der Waals surface area (Å²) in [7, 11) is 1.42. The van der Waals surface area contributed by atoms with E-state index in [1.807, 2.05) is 0 Å². The minimum atomic E-state index is 1.08. The number of hydrogen-bond donors (Lipinski definition) is 2. The molecule has 0 spiro atoms. The van der Waals surface area contributed by atoms with Crippen molar-refractivity contribution in [3.05, 3.63) is 40.5 Å². The molecule has 0 unspecified atom stereocenters. The van der Waals surface area contributed by atoms with Crippen LogP contribution in [-0.4, -0.2) is 7.05 Å². The lowest BCUT2D eigenvalue weighted by Crippen LogP contribution is -1.92. The summed E-state index contributed by atoms with van der Waals surface area (Å²) >= 11 is 3.49. The summed E-state index contributed by atoms with van der Waals surface area (Å²) in [6, 6.07) is 4.22. The van der Waals surface area contributed by atoms with Gasteiger partial charge in [-0.3, -0.25) is 0 Å². The Morgan fingerprint density at radius 1 is 1.47 bits per heavy atom. The molecule has 0 heterocycles. The predicted octanol–water partition coefficient (Wildman–Crippen LogP) is 4.27. The van der Waals surface area contributed by atoms with Crippen LogP contribution in [0.15, 0.2) is 34.5 Å². The number of aryl methyl sites for hydroxylation is 2. The molecule has 0 bridgehead atoms. The third kappa shape index (κ3) is 4.74. The second kappa shape index (κ2) is 7.17. The lowest BCUT2D eigenvalue weighted by molar-refractivity contribution is 1.09. The molecule has 82 valence electrons. The average molecular weight is 270 g/mol. The van der Waals surface area contributed by atoms with E-state index in [1.54, 1.807) is 6.20 Å². The molecule has 1 aromatic rings. The highest BCUT2D eigenvalue weighted by Gasteiger charge is 2.01. The molecule has 0 aliphatic rings. The van der Waals surface area contributed by atoms with E-state index in [-0.39, 0.29) is 0 Å². The number of halogens is 1. The van der Waals surface area contributed by atoms with Crippen molar-refractivity contribution in [1.29, 1.82) is 5.53 Å². The molecule has 3 nitrogen and oxygen atoms in total. The molecule has 0 aliphatic carbocycles. The van der Waals surface area contributed by atoms with Crippen molar-refractivity contribution >= 4 is 21.6 Å². The van der Waals surface area contributed by atoms with Crippen molar-refractivity contribution in [2.75, 3.05) is 12.4 Å². The van der Waals surface area contributed by atoms with Crippen LogP contribution in [0.1, 0.15) is 11.1 Å². The number of nitrogens with zero attached hydrogens (tertiary/aromatic N) is 1. The van der Waals surface area contributed by atoms with Gasteiger partial charge in [0.05, 0.1) is 5.69 Å². The van der Waals surface area contributed by atoms with Crippen LogP contribution in [-0.2, 0) is 0 Å². The second-order valence-corrected chi connectivity index (χ2v) is 3.87. The van der Waals surface area contributed by atoms with Gasteiger partial charge >= 0.3 is 0 Å². The van der Waals surface area contributed by atoms with Crippen LogP contribution < -0.4 is 5.32 Å². The lowest BCUT2D eigenvalue weighted by Gasteiger charge is -2.08. The zero-order valence-electron chi connectivity index (χ0n) is 9.26. The molecule has 4 heteroatoms. The van der Waals surface area contributed by atoms with E-state index >= 15 is 0 Å².